The third kappa shape index (κ3) is 4.14. The van der Waals surface area contributed by atoms with Gasteiger partial charge in [0.15, 0.2) is 0 Å². The van der Waals surface area contributed by atoms with Gasteiger partial charge < -0.3 is 10.6 Å². The molecule has 0 aromatic heterocycles. The molecule has 2 aromatic rings. The third-order valence-electron chi connectivity index (χ3n) is 4.51. The van der Waals surface area contributed by atoms with Gasteiger partial charge in [-0.1, -0.05) is 24.3 Å². The minimum absolute atomic E-state index is 0.147. The quantitative estimate of drug-likeness (QED) is 0.730. The second-order valence-electron chi connectivity index (χ2n) is 6.50. The maximum absolute atomic E-state index is 12.5. The second-order valence-corrected chi connectivity index (χ2v) is 6.50. The first kappa shape index (κ1) is 19.8. The fraction of sp³-hybridized carbons (Fsp3) is 0.190. The van der Waals surface area contributed by atoms with E-state index in [0.29, 0.717) is 11.3 Å². The van der Waals surface area contributed by atoms with Gasteiger partial charge in [0.05, 0.1) is 17.2 Å². The summed E-state index contributed by atoms with van der Waals surface area (Å²) in [6, 6.07) is 14.1. The molecule has 8 nitrogen and oxygen atoms in total. The van der Waals surface area contributed by atoms with Crippen LogP contribution in [-0.2, 0) is 16.1 Å². The molecule has 1 atom stereocenters. The van der Waals surface area contributed by atoms with Crippen molar-refractivity contribution in [3.05, 3.63) is 65.2 Å². The highest BCUT2D eigenvalue weighted by Gasteiger charge is 2.40. The second kappa shape index (κ2) is 8.35. The number of hydrogen-bond donors (Lipinski definition) is 2. The summed E-state index contributed by atoms with van der Waals surface area (Å²) >= 11 is 0. The predicted octanol–water partition coefficient (Wildman–Crippen LogP) is 1.84. The van der Waals surface area contributed by atoms with Crippen molar-refractivity contribution in [3.8, 4) is 6.07 Å². The minimum Gasteiger partial charge on any atom is -0.350 e. The average Bonchev–Trinajstić information content (AvgIpc) is 2.97. The number of carbonyl (C=O) groups is 4. The number of nitrogens with zero attached hydrogens (tertiary/aromatic N) is 2. The van der Waals surface area contributed by atoms with E-state index in [9.17, 15) is 19.2 Å². The smallest absolute Gasteiger partial charge is 0.262 e. The zero-order valence-electron chi connectivity index (χ0n) is 15.6. The molecular weight excluding hydrogens is 372 g/mol. The Balaban J connectivity index is 1.63. The van der Waals surface area contributed by atoms with Crippen LogP contribution in [0.2, 0.25) is 0 Å². The molecule has 2 aromatic carbocycles. The standard InChI is InChI=1S/C21H18N4O4/c1-13(25-20(28)16-7-2-3-8-17(16)21(25)29)19(27)23-12-14-5-4-6-15(11-14)24-18(26)9-10-22/h2-8,11,13H,9,12H2,1H3,(H,23,27)(H,24,26). The SMILES string of the molecule is CC(C(=O)NCc1cccc(NC(=O)CC#N)c1)N1C(=O)c2ccccc2C1=O. The molecule has 3 rings (SSSR count). The van der Waals surface area contributed by atoms with E-state index in [-0.39, 0.29) is 24.1 Å². The van der Waals surface area contributed by atoms with Crippen molar-refractivity contribution in [3.63, 3.8) is 0 Å². The minimum atomic E-state index is -0.971. The van der Waals surface area contributed by atoms with Crippen LogP contribution in [0.5, 0.6) is 0 Å². The molecule has 1 unspecified atom stereocenters. The lowest BCUT2D eigenvalue weighted by Crippen LogP contribution is -2.47. The lowest BCUT2D eigenvalue weighted by molar-refractivity contribution is -0.124. The Morgan fingerprint density at radius 1 is 1.07 bits per heavy atom. The van der Waals surface area contributed by atoms with Crippen LogP contribution >= 0.6 is 0 Å². The Morgan fingerprint density at radius 2 is 1.72 bits per heavy atom. The van der Waals surface area contributed by atoms with Gasteiger partial charge in [-0.05, 0) is 36.8 Å². The molecule has 0 saturated carbocycles. The van der Waals surface area contributed by atoms with Crippen molar-refractivity contribution in [1.82, 2.24) is 10.2 Å². The molecule has 0 bridgehead atoms. The lowest BCUT2D eigenvalue weighted by atomic mass is 10.1. The highest BCUT2D eigenvalue weighted by molar-refractivity contribution is 6.22. The number of anilines is 1. The molecule has 1 aliphatic heterocycles. The Hall–Kier alpha value is -3.99. The van der Waals surface area contributed by atoms with E-state index in [1.165, 1.54) is 6.92 Å². The summed E-state index contributed by atoms with van der Waals surface area (Å²) in [6.07, 6.45) is -0.251. The molecule has 0 saturated heterocycles. The van der Waals surface area contributed by atoms with Crippen LogP contribution in [-0.4, -0.2) is 34.6 Å². The van der Waals surface area contributed by atoms with Crippen LogP contribution < -0.4 is 10.6 Å². The number of nitrogens with one attached hydrogen (secondary N) is 2. The van der Waals surface area contributed by atoms with E-state index in [2.05, 4.69) is 10.6 Å². The number of carbonyl (C=O) groups excluding carboxylic acids is 4. The van der Waals surface area contributed by atoms with Gasteiger partial charge in [0, 0.05) is 12.2 Å². The molecule has 4 amide bonds. The summed E-state index contributed by atoms with van der Waals surface area (Å²) in [4.78, 5) is 50.0. The number of nitriles is 1. The first-order valence-corrected chi connectivity index (χ1v) is 8.92. The van der Waals surface area contributed by atoms with Crippen molar-refractivity contribution < 1.29 is 19.2 Å². The van der Waals surface area contributed by atoms with Gasteiger partial charge in [-0.25, -0.2) is 0 Å². The van der Waals surface area contributed by atoms with Crippen molar-refractivity contribution in [2.24, 2.45) is 0 Å². The average molecular weight is 390 g/mol. The molecule has 2 N–H and O–H groups in total. The summed E-state index contributed by atoms with van der Waals surface area (Å²) in [5.41, 5.74) is 1.80. The Labute approximate surface area is 167 Å². The monoisotopic (exact) mass is 390 g/mol. The fourth-order valence-corrected chi connectivity index (χ4v) is 3.05. The van der Waals surface area contributed by atoms with Crippen LogP contribution in [0.3, 0.4) is 0 Å². The van der Waals surface area contributed by atoms with E-state index >= 15 is 0 Å². The highest BCUT2D eigenvalue weighted by atomic mass is 16.2. The van der Waals surface area contributed by atoms with Crippen LogP contribution in [0, 0.1) is 11.3 Å². The molecule has 1 aliphatic rings. The zero-order chi connectivity index (χ0) is 21.0. The molecule has 1 heterocycles. The summed E-state index contributed by atoms with van der Waals surface area (Å²) in [6.45, 7) is 1.64. The van der Waals surface area contributed by atoms with Crippen molar-refractivity contribution in [1.29, 1.82) is 5.26 Å². The number of imide groups is 1. The van der Waals surface area contributed by atoms with E-state index < -0.39 is 29.7 Å². The Kier molecular flexibility index (Phi) is 5.69. The normalized spacial score (nSPS) is 13.4. The van der Waals surface area contributed by atoms with Gasteiger partial charge in [0.1, 0.15) is 12.5 Å². The van der Waals surface area contributed by atoms with Crippen LogP contribution in [0.1, 0.15) is 39.6 Å². The topological polar surface area (TPSA) is 119 Å². The fourth-order valence-electron chi connectivity index (χ4n) is 3.05. The molecule has 0 aliphatic carbocycles. The number of hydrogen-bond acceptors (Lipinski definition) is 5. The lowest BCUT2D eigenvalue weighted by Gasteiger charge is -2.21. The zero-order valence-corrected chi connectivity index (χ0v) is 15.6. The van der Waals surface area contributed by atoms with Crippen LogP contribution in [0.25, 0.3) is 0 Å². The summed E-state index contributed by atoms with van der Waals surface area (Å²) < 4.78 is 0. The molecule has 8 heteroatoms. The molecule has 0 spiro atoms. The summed E-state index contributed by atoms with van der Waals surface area (Å²) in [5.74, 6) is -1.88. The first-order chi connectivity index (χ1) is 13.9. The molecule has 0 fully saturated rings. The summed E-state index contributed by atoms with van der Waals surface area (Å²) in [5, 5.41) is 13.8. The van der Waals surface area contributed by atoms with Crippen molar-refractivity contribution in [2.75, 3.05) is 5.32 Å². The number of amides is 4. The Morgan fingerprint density at radius 3 is 2.34 bits per heavy atom. The van der Waals surface area contributed by atoms with E-state index in [4.69, 9.17) is 5.26 Å². The van der Waals surface area contributed by atoms with Gasteiger partial charge in [-0.3, -0.25) is 24.1 Å². The first-order valence-electron chi connectivity index (χ1n) is 8.92. The largest absolute Gasteiger partial charge is 0.350 e. The number of fused-ring (bicyclic) bond motifs is 1. The van der Waals surface area contributed by atoms with Gasteiger partial charge in [-0.15, -0.1) is 0 Å². The maximum atomic E-state index is 12.5. The van der Waals surface area contributed by atoms with Crippen molar-refractivity contribution >= 4 is 29.3 Å². The van der Waals surface area contributed by atoms with Gasteiger partial charge >= 0.3 is 0 Å². The van der Waals surface area contributed by atoms with Gasteiger partial charge in [-0.2, -0.15) is 5.26 Å². The summed E-state index contributed by atoms with van der Waals surface area (Å²) in [7, 11) is 0. The predicted molar refractivity (Wildman–Crippen MR) is 104 cm³/mol. The van der Waals surface area contributed by atoms with Crippen LogP contribution in [0.15, 0.2) is 48.5 Å². The number of benzene rings is 2. The van der Waals surface area contributed by atoms with Gasteiger partial charge in [0.2, 0.25) is 11.8 Å². The Bertz CT molecular complexity index is 1010. The molecule has 0 radical (unpaired) electrons. The van der Waals surface area contributed by atoms with Crippen LogP contribution in [0.4, 0.5) is 5.69 Å². The molecule has 29 heavy (non-hydrogen) atoms. The van der Waals surface area contributed by atoms with Crippen molar-refractivity contribution in [2.45, 2.75) is 25.9 Å². The molecule has 146 valence electrons. The van der Waals surface area contributed by atoms with Gasteiger partial charge in [0.25, 0.3) is 11.8 Å². The highest BCUT2D eigenvalue weighted by Crippen LogP contribution is 2.24. The number of rotatable bonds is 6. The maximum Gasteiger partial charge on any atom is 0.262 e. The molecular formula is C21H18N4O4. The van der Waals surface area contributed by atoms with E-state index in [0.717, 1.165) is 4.90 Å². The van der Waals surface area contributed by atoms with E-state index in [1.807, 2.05) is 0 Å². The van der Waals surface area contributed by atoms with E-state index in [1.54, 1.807) is 54.6 Å². The third-order valence-corrected chi connectivity index (χ3v) is 4.51.